The highest BCUT2D eigenvalue weighted by molar-refractivity contribution is 5.81. The fraction of sp³-hybridized carbons (Fsp3) is 0.929. The summed E-state index contributed by atoms with van der Waals surface area (Å²) >= 11 is 0. The van der Waals surface area contributed by atoms with Gasteiger partial charge in [-0.3, -0.25) is 9.69 Å². The second-order valence-electron chi connectivity index (χ2n) is 5.62. The smallest absolute Gasteiger partial charge is 0.137 e. The number of carbonyl (C=O) groups excluding carboxylic acids is 1. The fourth-order valence-corrected chi connectivity index (χ4v) is 3.22. The average Bonchev–Trinajstić information content (AvgIpc) is 2.80. The molecule has 3 nitrogen and oxygen atoms in total. The van der Waals surface area contributed by atoms with Crippen molar-refractivity contribution in [3.63, 3.8) is 0 Å². The lowest BCUT2D eigenvalue weighted by atomic mass is 9.79. The zero-order valence-electron chi connectivity index (χ0n) is 11.2. The van der Waals surface area contributed by atoms with Crippen LogP contribution in [0.25, 0.3) is 0 Å². The van der Waals surface area contributed by atoms with Crippen LogP contribution < -0.4 is 0 Å². The molecule has 0 spiro atoms. The third-order valence-corrected chi connectivity index (χ3v) is 4.49. The Balaban J connectivity index is 1.83. The van der Waals surface area contributed by atoms with E-state index in [9.17, 15) is 4.79 Å². The molecule has 1 saturated carbocycles. The molecule has 0 aromatic heterocycles. The Morgan fingerprint density at radius 2 is 2.24 bits per heavy atom. The predicted octanol–water partition coefficient (Wildman–Crippen LogP) is 2.10. The first-order valence-electron chi connectivity index (χ1n) is 7.00. The largest absolute Gasteiger partial charge is 0.380 e. The molecule has 3 atom stereocenters. The molecule has 2 fully saturated rings. The number of rotatable bonds is 4. The van der Waals surface area contributed by atoms with Crippen molar-refractivity contribution in [1.29, 1.82) is 0 Å². The standard InChI is InChI=1S/C14H25NO2/c1-3-11-4-5-14(16)12(8-11)9-15-7-6-13(10-15)17-2/h11-13H,3-10H2,1-2H3. The number of hydrogen-bond acceptors (Lipinski definition) is 3. The first-order valence-corrected chi connectivity index (χ1v) is 7.00. The van der Waals surface area contributed by atoms with Gasteiger partial charge in [0.05, 0.1) is 6.10 Å². The molecule has 1 saturated heterocycles. The highest BCUT2D eigenvalue weighted by atomic mass is 16.5. The zero-order chi connectivity index (χ0) is 12.3. The molecular weight excluding hydrogens is 214 g/mol. The van der Waals surface area contributed by atoms with E-state index < -0.39 is 0 Å². The molecule has 0 N–H and O–H groups in total. The number of likely N-dealkylation sites (tertiary alicyclic amines) is 1. The molecule has 2 rings (SSSR count). The molecule has 0 amide bonds. The molecule has 1 aliphatic heterocycles. The molecule has 3 heteroatoms. The van der Waals surface area contributed by atoms with Gasteiger partial charge >= 0.3 is 0 Å². The van der Waals surface area contributed by atoms with Crippen LogP contribution in [0.3, 0.4) is 0 Å². The number of ketones is 1. The second-order valence-corrected chi connectivity index (χ2v) is 5.62. The van der Waals surface area contributed by atoms with Crippen molar-refractivity contribution in [1.82, 2.24) is 4.90 Å². The molecule has 0 bridgehead atoms. The number of hydrogen-bond donors (Lipinski definition) is 0. The summed E-state index contributed by atoms with van der Waals surface area (Å²) in [5.41, 5.74) is 0. The summed E-state index contributed by atoms with van der Waals surface area (Å²) in [7, 11) is 1.78. The Labute approximate surface area is 105 Å². The van der Waals surface area contributed by atoms with Crippen molar-refractivity contribution >= 4 is 5.78 Å². The Bertz CT molecular complexity index is 267. The van der Waals surface area contributed by atoms with Crippen LogP contribution in [0.1, 0.15) is 39.0 Å². The number of methoxy groups -OCH3 is 1. The highest BCUT2D eigenvalue weighted by Crippen LogP contribution is 2.30. The molecule has 0 aromatic carbocycles. The third kappa shape index (κ3) is 3.29. The maximum absolute atomic E-state index is 11.9. The molecule has 17 heavy (non-hydrogen) atoms. The summed E-state index contributed by atoms with van der Waals surface area (Å²) in [5, 5.41) is 0. The van der Waals surface area contributed by atoms with Crippen LogP contribution in [0.15, 0.2) is 0 Å². The first kappa shape index (κ1) is 13.0. The van der Waals surface area contributed by atoms with Gasteiger partial charge in [0, 0.05) is 39.1 Å². The monoisotopic (exact) mass is 239 g/mol. The van der Waals surface area contributed by atoms with Gasteiger partial charge in [0.15, 0.2) is 0 Å². The summed E-state index contributed by atoms with van der Waals surface area (Å²) in [6.45, 7) is 5.32. The van der Waals surface area contributed by atoms with Crippen molar-refractivity contribution in [3.05, 3.63) is 0 Å². The van der Waals surface area contributed by atoms with E-state index in [1.54, 1.807) is 7.11 Å². The minimum atomic E-state index is 0.296. The van der Waals surface area contributed by atoms with Crippen LogP contribution in [0, 0.1) is 11.8 Å². The first-order chi connectivity index (χ1) is 8.22. The van der Waals surface area contributed by atoms with Crippen molar-refractivity contribution in [3.8, 4) is 0 Å². The number of carbonyl (C=O) groups is 1. The van der Waals surface area contributed by atoms with Gasteiger partial charge in [-0.05, 0) is 25.2 Å². The van der Waals surface area contributed by atoms with Crippen molar-refractivity contribution in [2.24, 2.45) is 11.8 Å². The summed E-state index contributed by atoms with van der Waals surface area (Å²) in [5.74, 6) is 1.57. The van der Waals surface area contributed by atoms with Gasteiger partial charge in [-0.25, -0.2) is 0 Å². The molecule has 1 aliphatic carbocycles. The van der Waals surface area contributed by atoms with Gasteiger partial charge in [0.2, 0.25) is 0 Å². The van der Waals surface area contributed by atoms with Crippen LogP contribution in [0.2, 0.25) is 0 Å². The third-order valence-electron chi connectivity index (χ3n) is 4.49. The van der Waals surface area contributed by atoms with Gasteiger partial charge in [-0.15, -0.1) is 0 Å². The van der Waals surface area contributed by atoms with Crippen LogP contribution in [-0.4, -0.2) is 43.5 Å². The van der Waals surface area contributed by atoms with Gasteiger partial charge in [0.1, 0.15) is 5.78 Å². The Hall–Kier alpha value is -0.410. The number of nitrogens with zero attached hydrogens (tertiary/aromatic N) is 1. The van der Waals surface area contributed by atoms with E-state index in [4.69, 9.17) is 4.74 Å². The minimum Gasteiger partial charge on any atom is -0.380 e. The zero-order valence-corrected chi connectivity index (χ0v) is 11.2. The Morgan fingerprint density at radius 3 is 2.88 bits per heavy atom. The Kier molecular flexibility index (Phi) is 4.57. The van der Waals surface area contributed by atoms with Gasteiger partial charge < -0.3 is 4.74 Å². The topological polar surface area (TPSA) is 29.5 Å². The average molecular weight is 239 g/mol. The predicted molar refractivity (Wildman–Crippen MR) is 68.0 cm³/mol. The van der Waals surface area contributed by atoms with E-state index in [0.717, 1.165) is 51.2 Å². The molecule has 98 valence electrons. The number of Topliss-reactive ketones (excluding diaryl/α,β-unsaturated/α-hetero) is 1. The van der Waals surface area contributed by atoms with Crippen molar-refractivity contribution in [2.75, 3.05) is 26.7 Å². The fourth-order valence-electron chi connectivity index (χ4n) is 3.22. The van der Waals surface area contributed by atoms with Crippen LogP contribution >= 0.6 is 0 Å². The number of ether oxygens (including phenoxy) is 1. The quantitative estimate of drug-likeness (QED) is 0.752. The second kappa shape index (κ2) is 5.96. The molecular formula is C14H25NO2. The van der Waals surface area contributed by atoms with Crippen molar-refractivity contribution in [2.45, 2.75) is 45.1 Å². The lowest BCUT2D eigenvalue weighted by Crippen LogP contribution is -2.36. The maximum Gasteiger partial charge on any atom is 0.137 e. The van der Waals surface area contributed by atoms with Crippen LogP contribution in [0.5, 0.6) is 0 Å². The molecule has 2 aliphatic rings. The summed E-state index contributed by atoms with van der Waals surface area (Å²) in [4.78, 5) is 14.3. The summed E-state index contributed by atoms with van der Waals surface area (Å²) in [6, 6.07) is 0. The molecule has 0 aromatic rings. The van der Waals surface area contributed by atoms with Crippen molar-refractivity contribution < 1.29 is 9.53 Å². The van der Waals surface area contributed by atoms with Gasteiger partial charge in [-0.1, -0.05) is 13.3 Å². The van der Waals surface area contributed by atoms with E-state index in [2.05, 4.69) is 11.8 Å². The summed E-state index contributed by atoms with van der Waals surface area (Å²) < 4.78 is 5.37. The highest BCUT2D eigenvalue weighted by Gasteiger charge is 2.31. The minimum absolute atomic E-state index is 0.296. The van der Waals surface area contributed by atoms with Crippen LogP contribution in [-0.2, 0) is 9.53 Å². The summed E-state index contributed by atoms with van der Waals surface area (Å²) in [6.07, 6.45) is 5.77. The molecule has 3 unspecified atom stereocenters. The molecule has 0 radical (unpaired) electrons. The normalized spacial score (nSPS) is 35.4. The Morgan fingerprint density at radius 1 is 1.41 bits per heavy atom. The van der Waals surface area contributed by atoms with E-state index in [1.165, 1.54) is 6.42 Å². The van der Waals surface area contributed by atoms with Crippen LogP contribution in [0.4, 0.5) is 0 Å². The van der Waals surface area contributed by atoms with E-state index in [0.29, 0.717) is 17.8 Å². The van der Waals surface area contributed by atoms with E-state index >= 15 is 0 Å². The SMILES string of the molecule is CCC1CCC(=O)C(CN2CCC(OC)C2)C1. The molecule has 1 heterocycles. The van der Waals surface area contributed by atoms with E-state index in [1.807, 2.05) is 0 Å². The lowest BCUT2D eigenvalue weighted by Gasteiger charge is -2.30. The van der Waals surface area contributed by atoms with Gasteiger partial charge in [-0.2, -0.15) is 0 Å². The maximum atomic E-state index is 11.9. The lowest BCUT2D eigenvalue weighted by molar-refractivity contribution is -0.126. The van der Waals surface area contributed by atoms with Gasteiger partial charge in [0.25, 0.3) is 0 Å². The van der Waals surface area contributed by atoms with E-state index in [-0.39, 0.29) is 0 Å².